The molecule has 0 spiro atoms. The molecule has 0 aliphatic heterocycles. The van der Waals surface area contributed by atoms with Crippen molar-refractivity contribution in [2.45, 2.75) is 0 Å². The number of hydrogen-bond donors (Lipinski definition) is 1. The van der Waals surface area contributed by atoms with Crippen LogP contribution in [0.1, 0.15) is 0 Å². The summed E-state index contributed by atoms with van der Waals surface area (Å²) in [6.45, 7) is 0. The molecule has 5 nitrogen and oxygen atoms in total. The minimum Gasteiger partial charge on any atom is -0.530 e. The van der Waals surface area contributed by atoms with Gasteiger partial charge in [-0.05, 0) is 12.1 Å². The second-order valence-electron chi connectivity index (χ2n) is 4.69. The number of halogens is 1. The molecule has 0 radical (unpaired) electrons. The van der Waals surface area contributed by atoms with Gasteiger partial charge in [0.1, 0.15) is 17.5 Å². The van der Waals surface area contributed by atoms with Crippen LogP contribution in [0.4, 0.5) is 10.5 Å². The van der Waals surface area contributed by atoms with Crippen LogP contribution in [0.3, 0.4) is 0 Å². The third kappa shape index (κ3) is 7.92. The first kappa shape index (κ1) is 19.1. The molecule has 1 aromatic rings. The van der Waals surface area contributed by atoms with Crippen LogP contribution in [-0.2, 0) is 0 Å². The van der Waals surface area contributed by atoms with E-state index in [1.165, 1.54) is 14.1 Å². The Bertz CT molecular complexity index is 376. The molecule has 0 aliphatic rings. The van der Waals surface area contributed by atoms with E-state index < -0.39 is 6.09 Å². The molecule has 0 unspecified atom stereocenters. The van der Waals surface area contributed by atoms with Crippen molar-refractivity contribution in [3.05, 3.63) is 24.3 Å². The van der Waals surface area contributed by atoms with E-state index in [1.807, 2.05) is 12.1 Å². The number of nitrogens with zero attached hydrogens (tertiary/aromatic N) is 2. The lowest BCUT2D eigenvalue weighted by atomic mass is 10.2. The number of hydrogen-bond acceptors (Lipinski definition) is 3. The summed E-state index contributed by atoms with van der Waals surface area (Å²) < 4.78 is 0.731. The number of carbonyl (C=O) groups is 1. The minimum absolute atomic E-state index is 0. The van der Waals surface area contributed by atoms with Crippen LogP contribution >= 0.6 is 17.0 Å². The molecule has 104 valence electrons. The predicted molar refractivity (Wildman–Crippen MR) is 77.1 cm³/mol. The molecule has 6 heteroatoms. The number of carboxylic acid groups (broad SMARTS) is 1. The first-order valence-corrected chi connectivity index (χ1v) is 5.14. The summed E-state index contributed by atoms with van der Waals surface area (Å²) in [6, 6.07) is 7.31. The lowest BCUT2D eigenvalue weighted by Crippen LogP contribution is -2.35. The highest BCUT2D eigenvalue weighted by atomic mass is 79.9. The number of quaternary nitrogens is 1. The largest absolute Gasteiger partial charge is 0.530 e. The fourth-order valence-corrected chi connectivity index (χ4v) is 0.910. The Morgan fingerprint density at radius 3 is 1.94 bits per heavy atom. The van der Waals surface area contributed by atoms with Crippen molar-refractivity contribution in [1.82, 2.24) is 9.38 Å². The molecule has 0 saturated heterocycles. The zero-order valence-corrected chi connectivity index (χ0v) is 13.1. The van der Waals surface area contributed by atoms with Crippen LogP contribution in [-0.4, -0.2) is 51.3 Å². The van der Waals surface area contributed by atoms with E-state index in [4.69, 9.17) is 5.11 Å². The molecule has 1 N–H and O–H groups in total. The number of aromatic hydroxyl groups is 1. The normalized spacial score (nSPS) is 9.61. The first-order chi connectivity index (χ1) is 7.64. The van der Waals surface area contributed by atoms with Gasteiger partial charge in [0.2, 0.25) is 0 Å². The molecule has 0 aromatic heterocycles. The Balaban J connectivity index is 0. The lowest BCUT2D eigenvalue weighted by molar-refractivity contribution is -0.262. The van der Waals surface area contributed by atoms with Crippen LogP contribution < -0.4 is 9.59 Å². The highest BCUT2D eigenvalue weighted by molar-refractivity contribution is 8.93. The monoisotopic (exact) mass is 320 g/mol. The number of carbonyl (C=O) groups excluding carboxylic acids is 1. The fraction of sp³-hybridized carbons (Fsp3) is 0.417. The van der Waals surface area contributed by atoms with Crippen molar-refractivity contribution >= 4 is 28.8 Å². The quantitative estimate of drug-likeness (QED) is 0.787. The molecule has 0 heterocycles. The Morgan fingerprint density at radius 2 is 1.72 bits per heavy atom. The molecular formula is C12H21BrN2O3. The molecule has 1 aromatic carbocycles. The number of rotatable bonds is 1. The average Bonchev–Trinajstić information content (AvgIpc) is 2.17. The van der Waals surface area contributed by atoms with E-state index in [0.717, 1.165) is 15.1 Å². The van der Waals surface area contributed by atoms with Crippen LogP contribution in [0, 0.1) is 0 Å². The summed E-state index contributed by atoms with van der Waals surface area (Å²) in [6.07, 6.45) is -1.16. The summed E-state index contributed by atoms with van der Waals surface area (Å²) in [7, 11) is 9.02. The highest BCUT2D eigenvalue weighted by Gasteiger charge is 2.11. The van der Waals surface area contributed by atoms with E-state index >= 15 is 0 Å². The van der Waals surface area contributed by atoms with Gasteiger partial charge in [0.15, 0.2) is 0 Å². The van der Waals surface area contributed by atoms with Crippen molar-refractivity contribution < 1.29 is 15.0 Å². The van der Waals surface area contributed by atoms with Gasteiger partial charge >= 0.3 is 0 Å². The van der Waals surface area contributed by atoms with E-state index in [1.54, 1.807) is 12.1 Å². The Hall–Kier alpha value is -1.27. The van der Waals surface area contributed by atoms with Crippen molar-refractivity contribution in [3.8, 4) is 5.75 Å². The first-order valence-electron chi connectivity index (χ1n) is 5.14. The third-order valence-corrected chi connectivity index (χ3v) is 1.97. The zero-order valence-electron chi connectivity index (χ0n) is 11.4. The van der Waals surface area contributed by atoms with Gasteiger partial charge in [-0.1, -0.05) is 6.07 Å². The van der Waals surface area contributed by atoms with E-state index in [0.29, 0.717) is 5.75 Å². The molecule has 0 atom stereocenters. The maximum atomic E-state index is 9.51. The molecule has 0 saturated carbocycles. The van der Waals surface area contributed by atoms with Gasteiger partial charge in [-0.15, -0.1) is 17.0 Å². The van der Waals surface area contributed by atoms with Crippen LogP contribution in [0.2, 0.25) is 0 Å². The van der Waals surface area contributed by atoms with E-state index in [9.17, 15) is 9.90 Å². The molecule has 1 amide bonds. The molecular weight excluding hydrogens is 300 g/mol. The van der Waals surface area contributed by atoms with Gasteiger partial charge in [-0.2, -0.15) is 0 Å². The number of amides is 1. The smallest absolute Gasteiger partial charge is 0.136 e. The second kappa shape index (κ2) is 7.94. The standard InChI is InChI=1S/C9H13NO.C3H7NO2.BrH/c1-10(2,3)8-5-4-6-9(11)7-8;1-4(2)3(5)6;/h4-7H,1-3H3;1-2H3,(H,5,6);1H. The lowest BCUT2D eigenvalue weighted by Gasteiger charge is -2.23. The molecule has 0 fully saturated rings. The molecule has 0 aliphatic carbocycles. The molecule has 0 bridgehead atoms. The van der Waals surface area contributed by atoms with Crippen molar-refractivity contribution in [2.75, 3.05) is 35.2 Å². The average molecular weight is 321 g/mol. The Morgan fingerprint density at radius 1 is 1.28 bits per heavy atom. The minimum atomic E-state index is -1.16. The summed E-state index contributed by atoms with van der Waals surface area (Å²) in [4.78, 5) is 10.5. The van der Waals surface area contributed by atoms with Gasteiger partial charge in [0, 0.05) is 20.2 Å². The van der Waals surface area contributed by atoms with Gasteiger partial charge in [0.25, 0.3) is 0 Å². The maximum Gasteiger partial charge on any atom is 0.136 e. The van der Waals surface area contributed by atoms with Gasteiger partial charge in [-0.25, -0.2) is 0 Å². The van der Waals surface area contributed by atoms with Crippen LogP contribution in [0.15, 0.2) is 24.3 Å². The highest BCUT2D eigenvalue weighted by Crippen LogP contribution is 2.21. The number of phenols is 1. The van der Waals surface area contributed by atoms with Gasteiger partial charge in [-0.3, -0.25) is 4.48 Å². The van der Waals surface area contributed by atoms with Crippen LogP contribution in [0.25, 0.3) is 0 Å². The Kier molecular flexibility index (Phi) is 8.42. The molecule has 1 rings (SSSR count). The summed E-state index contributed by atoms with van der Waals surface area (Å²) in [5.74, 6) is 0.329. The van der Waals surface area contributed by atoms with Crippen molar-refractivity contribution in [2.24, 2.45) is 0 Å². The molecule has 18 heavy (non-hydrogen) atoms. The van der Waals surface area contributed by atoms with Crippen molar-refractivity contribution in [3.63, 3.8) is 0 Å². The predicted octanol–water partition coefficient (Wildman–Crippen LogP) is 1.06. The van der Waals surface area contributed by atoms with Crippen molar-refractivity contribution in [1.29, 1.82) is 0 Å². The SMILES string of the molecule is Br.CN(C)C(=O)[O-].C[N+](C)(C)c1cccc(O)c1. The number of phenolic OH excluding ortho intramolecular Hbond substituents is 1. The maximum absolute atomic E-state index is 9.51. The van der Waals surface area contributed by atoms with Gasteiger partial charge < -0.3 is 19.9 Å². The van der Waals surface area contributed by atoms with E-state index in [2.05, 4.69) is 21.1 Å². The summed E-state index contributed by atoms with van der Waals surface area (Å²) >= 11 is 0. The van der Waals surface area contributed by atoms with Gasteiger partial charge in [0.05, 0.1) is 21.1 Å². The Labute approximate surface area is 119 Å². The topological polar surface area (TPSA) is 63.6 Å². The van der Waals surface area contributed by atoms with Crippen LogP contribution in [0.5, 0.6) is 5.75 Å². The fourth-order valence-electron chi connectivity index (χ4n) is 0.910. The van der Waals surface area contributed by atoms with E-state index in [-0.39, 0.29) is 17.0 Å². The third-order valence-electron chi connectivity index (χ3n) is 1.97. The summed E-state index contributed by atoms with van der Waals surface area (Å²) in [5.41, 5.74) is 1.10. The number of benzene rings is 1. The summed E-state index contributed by atoms with van der Waals surface area (Å²) in [5, 5.41) is 18.7. The zero-order chi connectivity index (χ0) is 13.6. The second-order valence-corrected chi connectivity index (χ2v) is 4.69.